The Balaban J connectivity index is 1.80. The van der Waals surface area contributed by atoms with Crippen LogP contribution in [-0.2, 0) is 4.79 Å². The Bertz CT molecular complexity index is 1210. The molecule has 4 rings (SSSR count). The molecule has 0 N–H and O–H groups in total. The van der Waals surface area contributed by atoms with Gasteiger partial charge in [-0.15, -0.1) is 11.3 Å². The minimum Gasteiger partial charge on any atom is -0.463 e. The lowest BCUT2D eigenvalue weighted by molar-refractivity contribution is -0.131. The average Bonchev–Trinajstić information content (AvgIpc) is 3.14. The number of hydrogen-bond donors (Lipinski definition) is 0. The lowest BCUT2D eigenvalue weighted by atomic mass is 10.1. The highest BCUT2D eigenvalue weighted by molar-refractivity contribution is 7.13. The van der Waals surface area contributed by atoms with Crippen molar-refractivity contribution in [1.82, 2.24) is 4.98 Å². The molecule has 4 aromatic rings. The summed E-state index contributed by atoms with van der Waals surface area (Å²) in [5.41, 5.74) is 2.87. The van der Waals surface area contributed by atoms with Crippen LogP contribution >= 0.6 is 11.3 Å². The first-order valence-corrected chi connectivity index (χ1v) is 9.17. The molecule has 5 nitrogen and oxygen atoms in total. The lowest BCUT2D eigenvalue weighted by Crippen LogP contribution is -2.07. The van der Waals surface area contributed by atoms with Crippen molar-refractivity contribution in [2.45, 2.75) is 13.8 Å². The second-order valence-corrected chi connectivity index (χ2v) is 6.95. The van der Waals surface area contributed by atoms with Crippen molar-refractivity contribution in [3.05, 3.63) is 69.9 Å². The molecule has 0 amide bonds. The molecule has 2 aromatic carbocycles. The first-order chi connectivity index (χ1) is 13.0. The van der Waals surface area contributed by atoms with E-state index < -0.39 is 5.97 Å². The number of carbonyl (C=O) groups excluding carboxylic acids is 1. The van der Waals surface area contributed by atoms with Gasteiger partial charge in [0, 0.05) is 23.9 Å². The summed E-state index contributed by atoms with van der Waals surface area (Å²) in [7, 11) is 0. The molecule has 134 valence electrons. The van der Waals surface area contributed by atoms with E-state index in [0.29, 0.717) is 33.5 Å². The molecule has 0 aliphatic rings. The van der Waals surface area contributed by atoms with Crippen LogP contribution in [0.15, 0.2) is 63.3 Å². The normalized spacial score (nSPS) is 10.9. The highest BCUT2D eigenvalue weighted by Gasteiger charge is 2.15. The minimum absolute atomic E-state index is 0.168. The highest BCUT2D eigenvalue weighted by Crippen LogP contribution is 2.30. The van der Waals surface area contributed by atoms with E-state index >= 15 is 0 Å². The Morgan fingerprint density at radius 1 is 1.19 bits per heavy atom. The van der Waals surface area contributed by atoms with E-state index in [9.17, 15) is 9.59 Å². The maximum Gasteiger partial charge on any atom is 0.308 e. The zero-order valence-corrected chi connectivity index (χ0v) is 15.5. The van der Waals surface area contributed by atoms with E-state index in [2.05, 4.69) is 4.98 Å². The van der Waals surface area contributed by atoms with Gasteiger partial charge in [-0.05, 0) is 18.6 Å². The molecule has 2 aromatic heterocycles. The molecule has 0 saturated heterocycles. The summed E-state index contributed by atoms with van der Waals surface area (Å²) in [4.78, 5) is 28.7. The van der Waals surface area contributed by atoms with Crippen LogP contribution in [0, 0.1) is 6.92 Å². The Kier molecular flexibility index (Phi) is 4.33. The smallest absolute Gasteiger partial charge is 0.308 e. The summed E-state index contributed by atoms with van der Waals surface area (Å²) in [6.45, 7) is 3.11. The number of hydrogen-bond acceptors (Lipinski definition) is 6. The van der Waals surface area contributed by atoms with Gasteiger partial charge in [0.2, 0.25) is 5.43 Å². The molecule has 2 heterocycles. The van der Waals surface area contributed by atoms with Crippen LogP contribution in [0.25, 0.3) is 32.8 Å². The number of benzene rings is 2. The molecular weight excluding hydrogens is 362 g/mol. The molecule has 0 bridgehead atoms. The van der Waals surface area contributed by atoms with Crippen LogP contribution in [0.1, 0.15) is 12.5 Å². The number of aryl methyl sites for hydroxylation is 1. The summed E-state index contributed by atoms with van der Waals surface area (Å²) in [6, 6.07) is 13.0. The number of carbonyl (C=O) groups is 1. The molecule has 0 fully saturated rings. The van der Waals surface area contributed by atoms with E-state index in [1.54, 1.807) is 19.1 Å². The van der Waals surface area contributed by atoms with Crippen LogP contribution in [0.2, 0.25) is 0 Å². The Morgan fingerprint density at radius 2 is 1.96 bits per heavy atom. The van der Waals surface area contributed by atoms with E-state index in [1.165, 1.54) is 24.5 Å². The Morgan fingerprint density at radius 3 is 2.70 bits per heavy atom. The summed E-state index contributed by atoms with van der Waals surface area (Å²) in [5, 5.41) is 3.11. The van der Waals surface area contributed by atoms with E-state index in [-0.39, 0.29) is 5.43 Å². The minimum atomic E-state index is -0.424. The predicted molar refractivity (Wildman–Crippen MR) is 105 cm³/mol. The number of ether oxygens (including phenoxy) is 1. The third-order valence-electron chi connectivity index (χ3n) is 4.12. The first kappa shape index (κ1) is 17.2. The van der Waals surface area contributed by atoms with Crippen molar-refractivity contribution in [1.29, 1.82) is 0 Å². The van der Waals surface area contributed by atoms with Crippen LogP contribution in [0.4, 0.5) is 0 Å². The molecule has 0 radical (unpaired) electrons. The van der Waals surface area contributed by atoms with Gasteiger partial charge < -0.3 is 9.15 Å². The van der Waals surface area contributed by atoms with Crippen molar-refractivity contribution in [3.63, 3.8) is 0 Å². The molecule has 0 aliphatic carbocycles. The molecule has 0 atom stereocenters. The third-order valence-corrected chi connectivity index (χ3v) is 5.02. The maximum absolute atomic E-state index is 13.0. The summed E-state index contributed by atoms with van der Waals surface area (Å²) >= 11 is 1.47. The quantitative estimate of drug-likeness (QED) is 0.378. The zero-order valence-electron chi connectivity index (χ0n) is 14.7. The molecule has 0 aliphatic heterocycles. The fraction of sp³-hybridized carbons (Fsp3) is 0.0952. The van der Waals surface area contributed by atoms with Crippen molar-refractivity contribution in [3.8, 4) is 27.6 Å². The van der Waals surface area contributed by atoms with Gasteiger partial charge >= 0.3 is 5.97 Å². The van der Waals surface area contributed by atoms with Crippen LogP contribution in [0.3, 0.4) is 0 Å². The van der Waals surface area contributed by atoms with Crippen LogP contribution in [0.5, 0.6) is 5.75 Å². The Labute approximate surface area is 158 Å². The highest BCUT2D eigenvalue weighted by atomic mass is 32.1. The van der Waals surface area contributed by atoms with E-state index in [0.717, 1.165) is 10.6 Å². The summed E-state index contributed by atoms with van der Waals surface area (Å²) < 4.78 is 10.8. The average molecular weight is 377 g/mol. The van der Waals surface area contributed by atoms with Gasteiger partial charge in [0.25, 0.3) is 0 Å². The molecule has 6 heteroatoms. The van der Waals surface area contributed by atoms with Gasteiger partial charge in [-0.1, -0.05) is 30.3 Å². The predicted octanol–water partition coefficient (Wildman–Crippen LogP) is 4.82. The number of thiazole rings is 1. The number of rotatable bonds is 3. The van der Waals surface area contributed by atoms with Gasteiger partial charge in [0.1, 0.15) is 22.6 Å². The number of nitrogens with zero attached hydrogens (tertiary/aromatic N) is 1. The zero-order chi connectivity index (χ0) is 19.0. The maximum atomic E-state index is 13.0. The molecule has 0 unspecified atom stereocenters. The molecular formula is C21H15NO4S. The van der Waals surface area contributed by atoms with Gasteiger partial charge in [-0.2, -0.15) is 0 Å². The number of aromatic nitrogens is 1. The first-order valence-electron chi connectivity index (χ1n) is 8.29. The lowest BCUT2D eigenvalue weighted by Gasteiger charge is -2.07. The van der Waals surface area contributed by atoms with E-state index in [1.807, 2.05) is 35.7 Å². The second-order valence-electron chi connectivity index (χ2n) is 6.09. The van der Waals surface area contributed by atoms with Crippen molar-refractivity contribution in [2.75, 3.05) is 0 Å². The largest absolute Gasteiger partial charge is 0.463 e. The molecule has 0 spiro atoms. The van der Waals surface area contributed by atoms with Gasteiger partial charge in [-0.3, -0.25) is 9.59 Å². The monoisotopic (exact) mass is 377 g/mol. The summed E-state index contributed by atoms with van der Waals surface area (Å²) in [6.07, 6.45) is 1.40. The van der Waals surface area contributed by atoms with Crippen LogP contribution in [-0.4, -0.2) is 11.0 Å². The number of esters is 1. The fourth-order valence-electron chi connectivity index (χ4n) is 2.82. The summed E-state index contributed by atoms with van der Waals surface area (Å²) in [5.74, 6) is -0.0433. The van der Waals surface area contributed by atoms with E-state index in [4.69, 9.17) is 9.15 Å². The van der Waals surface area contributed by atoms with Gasteiger partial charge in [0.15, 0.2) is 0 Å². The third kappa shape index (κ3) is 3.27. The second kappa shape index (κ2) is 6.81. The van der Waals surface area contributed by atoms with Crippen molar-refractivity contribution in [2.24, 2.45) is 0 Å². The van der Waals surface area contributed by atoms with Crippen LogP contribution < -0.4 is 10.2 Å². The number of fused-ring (bicyclic) bond motifs is 1. The molecule has 0 saturated carbocycles. The van der Waals surface area contributed by atoms with Crippen molar-refractivity contribution >= 4 is 28.3 Å². The van der Waals surface area contributed by atoms with Gasteiger partial charge in [-0.25, -0.2) is 4.98 Å². The topological polar surface area (TPSA) is 69.4 Å². The fourth-order valence-corrected chi connectivity index (χ4v) is 3.64. The van der Waals surface area contributed by atoms with Gasteiger partial charge in [0.05, 0.1) is 16.6 Å². The molecule has 27 heavy (non-hydrogen) atoms. The standard InChI is InChI=1S/C21H15NO4S/c1-12-8-15-19(9-18(12)26-13(2)23)25-10-16(20(15)24)17-11-27-21(22-17)14-6-4-3-5-7-14/h3-11H,1-2H3. The Hall–Kier alpha value is -3.25. The SMILES string of the molecule is CC(=O)Oc1cc2occ(-c3csc(-c4ccccc4)n3)c(=O)c2cc1C. The van der Waals surface area contributed by atoms with Crippen molar-refractivity contribution < 1.29 is 13.9 Å².